The molecule has 0 bridgehead atoms. The number of benzene rings is 5. The number of rotatable bonds is 9. The van der Waals surface area contributed by atoms with Gasteiger partial charge in [-0.1, -0.05) is 99.6 Å². The summed E-state index contributed by atoms with van der Waals surface area (Å²) in [6.07, 6.45) is -0.0281. The lowest BCUT2D eigenvalue weighted by Crippen LogP contribution is -2.48. The van der Waals surface area contributed by atoms with E-state index in [1.165, 1.54) is 0 Å². The van der Waals surface area contributed by atoms with Gasteiger partial charge in [-0.25, -0.2) is 0 Å². The first kappa shape index (κ1) is 38.5. The molecule has 59 heavy (non-hydrogen) atoms. The van der Waals surface area contributed by atoms with E-state index in [1.807, 2.05) is 103 Å². The Morgan fingerprint density at radius 2 is 1.59 bits per heavy atom. The molecule has 0 unspecified atom stereocenters. The minimum absolute atomic E-state index is 0.0432. The fourth-order valence-electron chi connectivity index (χ4n) is 10.3. The Morgan fingerprint density at radius 3 is 2.36 bits per heavy atom. The summed E-state index contributed by atoms with van der Waals surface area (Å²) in [5, 5.41) is 10.5. The molecule has 4 aliphatic heterocycles. The molecule has 302 valence electrons. The first-order valence-corrected chi connectivity index (χ1v) is 20.4. The Labute approximate surface area is 344 Å². The third-order valence-electron chi connectivity index (χ3n) is 13.2. The van der Waals surface area contributed by atoms with Gasteiger partial charge in [0.2, 0.25) is 5.91 Å². The average Bonchev–Trinajstić information content (AvgIpc) is 3.68. The summed E-state index contributed by atoms with van der Waals surface area (Å²) in [5.41, 5.74) is 5.04. The third kappa shape index (κ3) is 6.37. The Balaban J connectivity index is 1.08. The number of ether oxygens (including phenoxy) is 3. The summed E-state index contributed by atoms with van der Waals surface area (Å²) in [4.78, 5) is 48.6. The van der Waals surface area contributed by atoms with Crippen LogP contribution in [-0.2, 0) is 49.6 Å². The van der Waals surface area contributed by atoms with Crippen LogP contribution in [-0.4, -0.2) is 60.2 Å². The second-order valence-corrected chi connectivity index (χ2v) is 16.8. The summed E-state index contributed by atoms with van der Waals surface area (Å²) in [7, 11) is 1.64. The van der Waals surface area contributed by atoms with E-state index >= 15 is 4.79 Å². The number of para-hydroxylation sites is 3. The van der Waals surface area contributed by atoms with Crippen molar-refractivity contribution < 1.29 is 33.7 Å². The number of carbonyl (C=O) groups is 3. The van der Waals surface area contributed by atoms with Crippen LogP contribution < -0.4 is 19.3 Å². The van der Waals surface area contributed by atoms with Crippen molar-refractivity contribution in [3.05, 3.63) is 149 Å². The van der Waals surface area contributed by atoms with Gasteiger partial charge in [0, 0.05) is 29.6 Å². The van der Waals surface area contributed by atoms with Crippen molar-refractivity contribution >= 4 is 34.8 Å². The maximum absolute atomic E-state index is 15.4. The van der Waals surface area contributed by atoms with Crippen LogP contribution in [0.25, 0.3) is 0 Å². The van der Waals surface area contributed by atoms with Gasteiger partial charge < -0.3 is 29.1 Å². The smallest absolute Gasteiger partial charge is 0.269 e. The lowest BCUT2D eigenvalue weighted by atomic mass is 9.63. The largest absolute Gasteiger partial charge is 0.497 e. The van der Waals surface area contributed by atoms with E-state index < -0.39 is 17.1 Å². The zero-order valence-corrected chi connectivity index (χ0v) is 33.8. The molecular weight excluding hydrogens is 743 g/mol. The Bertz CT molecular complexity index is 2430. The van der Waals surface area contributed by atoms with Crippen molar-refractivity contribution in [1.29, 1.82) is 0 Å². The van der Waals surface area contributed by atoms with Gasteiger partial charge in [-0.2, -0.15) is 0 Å². The van der Waals surface area contributed by atoms with Crippen LogP contribution in [0.15, 0.2) is 121 Å². The number of aliphatic hydroxyl groups excluding tert-OH is 1. The highest BCUT2D eigenvalue weighted by Gasteiger charge is 2.66. The van der Waals surface area contributed by atoms with Crippen molar-refractivity contribution in [3.8, 4) is 11.5 Å². The standard InChI is InChI=1S/C49H49N3O7/c1-31-46(48(2,3)35-20-22-38(57-4)23-21-35)43(26-44(54)50-28-34-14-6-5-13-33(34)25-37(50)29-53)59-49(31)39-16-7-8-17-40(39)51(47(49)56)27-32-12-11-15-36(24-32)52-41-18-9-10-19-42(41)58-30-45(52)55/h5-24,31,37,43,46,53H,25-30H2,1-4H3/t31-,37-,43+,46-,49+/m0/s1. The Morgan fingerprint density at radius 1 is 0.881 bits per heavy atom. The molecule has 5 aromatic rings. The first-order chi connectivity index (χ1) is 28.5. The molecule has 0 aliphatic carbocycles. The summed E-state index contributed by atoms with van der Waals surface area (Å²) < 4.78 is 18.5. The second kappa shape index (κ2) is 15.0. The highest BCUT2D eigenvalue weighted by molar-refractivity contribution is 6.08. The minimum Gasteiger partial charge on any atom is -0.497 e. The molecule has 1 spiro atoms. The maximum atomic E-state index is 15.4. The molecule has 5 atom stereocenters. The lowest BCUT2D eigenvalue weighted by Gasteiger charge is -2.40. The number of anilines is 3. The predicted molar refractivity (Wildman–Crippen MR) is 225 cm³/mol. The molecule has 10 nitrogen and oxygen atoms in total. The van der Waals surface area contributed by atoms with E-state index in [0.717, 1.165) is 39.3 Å². The molecule has 10 heteroatoms. The Hall–Kier alpha value is -5.97. The van der Waals surface area contributed by atoms with Gasteiger partial charge in [-0.05, 0) is 76.6 Å². The number of aliphatic hydroxyl groups is 1. The van der Waals surface area contributed by atoms with Crippen LogP contribution in [0.5, 0.6) is 11.5 Å². The zero-order valence-electron chi connectivity index (χ0n) is 33.8. The molecule has 4 aliphatic rings. The van der Waals surface area contributed by atoms with Crippen molar-refractivity contribution in [2.24, 2.45) is 11.8 Å². The molecule has 4 heterocycles. The van der Waals surface area contributed by atoms with E-state index in [0.29, 0.717) is 30.1 Å². The molecule has 1 saturated heterocycles. The molecule has 5 aromatic carbocycles. The highest BCUT2D eigenvalue weighted by Crippen LogP contribution is 2.60. The molecule has 0 radical (unpaired) electrons. The predicted octanol–water partition coefficient (Wildman–Crippen LogP) is 7.46. The number of hydrogen-bond acceptors (Lipinski definition) is 7. The van der Waals surface area contributed by atoms with Gasteiger partial charge >= 0.3 is 0 Å². The van der Waals surface area contributed by atoms with Crippen molar-refractivity contribution in [2.75, 3.05) is 30.1 Å². The summed E-state index contributed by atoms with van der Waals surface area (Å²) >= 11 is 0. The molecule has 3 amide bonds. The number of methoxy groups -OCH3 is 1. The van der Waals surface area contributed by atoms with Crippen molar-refractivity contribution in [1.82, 2.24) is 4.90 Å². The van der Waals surface area contributed by atoms with E-state index in [-0.39, 0.29) is 61.8 Å². The third-order valence-corrected chi connectivity index (χ3v) is 13.2. The van der Waals surface area contributed by atoms with E-state index in [2.05, 4.69) is 39.0 Å². The fourth-order valence-corrected chi connectivity index (χ4v) is 10.3. The van der Waals surface area contributed by atoms with E-state index in [1.54, 1.807) is 21.8 Å². The van der Waals surface area contributed by atoms with Gasteiger partial charge in [0.05, 0.1) is 50.2 Å². The van der Waals surface area contributed by atoms with E-state index in [4.69, 9.17) is 14.2 Å². The number of fused-ring (bicyclic) bond motifs is 4. The second-order valence-electron chi connectivity index (χ2n) is 16.8. The molecule has 9 rings (SSSR count). The number of nitrogens with zero attached hydrogens (tertiary/aromatic N) is 3. The van der Waals surface area contributed by atoms with Crippen LogP contribution in [0.3, 0.4) is 0 Å². The van der Waals surface area contributed by atoms with Gasteiger partial charge in [0.25, 0.3) is 11.8 Å². The van der Waals surface area contributed by atoms with Gasteiger partial charge in [0.15, 0.2) is 12.2 Å². The van der Waals surface area contributed by atoms with E-state index in [9.17, 15) is 14.7 Å². The topological polar surface area (TPSA) is 109 Å². The van der Waals surface area contributed by atoms with Crippen LogP contribution >= 0.6 is 0 Å². The SMILES string of the molecule is COc1ccc(C(C)(C)[C@@H]2[C@@H](CC(=O)N3Cc4ccccc4C[C@H]3CO)O[C@]3(C(=O)N(Cc4cccc(N5C(=O)COc6ccccc65)c4)c4ccccc43)[C@H]2C)cc1. The molecule has 1 N–H and O–H groups in total. The van der Waals surface area contributed by atoms with Crippen molar-refractivity contribution in [3.63, 3.8) is 0 Å². The van der Waals surface area contributed by atoms with Crippen molar-refractivity contribution in [2.45, 2.75) is 69.9 Å². The number of carbonyl (C=O) groups excluding carboxylic acids is 3. The number of hydrogen-bond donors (Lipinski definition) is 1. The normalized spacial score (nSPS) is 23.5. The molecule has 1 fully saturated rings. The summed E-state index contributed by atoms with van der Waals surface area (Å²) in [6.45, 7) is 6.85. The van der Waals surface area contributed by atoms with Crippen LogP contribution in [0.2, 0.25) is 0 Å². The Kier molecular flexibility index (Phi) is 9.80. The van der Waals surface area contributed by atoms with Crippen LogP contribution in [0.4, 0.5) is 17.1 Å². The van der Waals surface area contributed by atoms with Crippen LogP contribution in [0, 0.1) is 11.8 Å². The minimum atomic E-state index is -1.38. The monoisotopic (exact) mass is 791 g/mol. The van der Waals surface area contributed by atoms with Gasteiger partial charge in [-0.15, -0.1) is 0 Å². The first-order valence-electron chi connectivity index (χ1n) is 20.4. The molecular formula is C49H49N3O7. The summed E-state index contributed by atoms with van der Waals surface area (Å²) in [6, 6.07) is 38.7. The molecule has 0 saturated carbocycles. The average molecular weight is 792 g/mol. The summed E-state index contributed by atoms with van der Waals surface area (Å²) in [5.74, 6) is 0.252. The quantitative estimate of drug-likeness (QED) is 0.165. The lowest BCUT2D eigenvalue weighted by molar-refractivity contribution is -0.151. The highest BCUT2D eigenvalue weighted by atomic mass is 16.5. The fraction of sp³-hybridized carbons (Fsp3) is 0.327. The van der Waals surface area contributed by atoms with Gasteiger partial charge in [0.1, 0.15) is 11.5 Å². The number of amides is 3. The maximum Gasteiger partial charge on any atom is 0.269 e. The molecule has 0 aromatic heterocycles. The van der Waals surface area contributed by atoms with Gasteiger partial charge in [-0.3, -0.25) is 19.3 Å². The zero-order chi connectivity index (χ0) is 41.1. The van der Waals surface area contributed by atoms with Crippen LogP contribution in [0.1, 0.15) is 55.0 Å².